The molecule has 8 heteroatoms. The first-order chi connectivity index (χ1) is 12.7. The zero-order valence-corrected chi connectivity index (χ0v) is 14.5. The Bertz CT molecular complexity index is 821. The minimum Gasteiger partial charge on any atom is -0.352 e. The van der Waals surface area contributed by atoms with Crippen LogP contribution in [0.25, 0.3) is 0 Å². The van der Waals surface area contributed by atoms with Crippen LogP contribution in [0.5, 0.6) is 0 Å². The lowest BCUT2D eigenvalue weighted by atomic mass is 10.1. The van der Waals surface area contributed by atoms with Crippen molar-refractivity contribution in [3.05, 3.63) is 65.5 Å². The average Bonchev–Trinajstić information content (AvgIpc) is 2.60. The smallest absolute Gasteiger partial charge is 0.352 e. The Balaban J connectivity index is 2.04. The van der Waals surface area contributed by atoms with Crippen LogP contribution in [0.4, 0.5) is 23.2 Å². The third kappa shape index (κ3) is 5.54. The summed E-state index contributed by atoms with van der Waals surface area (Å²) in [5, 5.41) is 2.49. The Morgan fingerprint density at radius 1 is 1.04 bits per heavy atom. The van der Waals surface area contributed by atoms with E-state index in [0.717, 1.165) is 17.9 Å². The van der Waals surface area contributed by atoms with Crippen molar-refractivity contribution in [1.82, 2.24) is 5.32 Å². The second-order valence-electron chi connectivity index (χ2n) is 5.80. The van der Waals surface area contributed by atoms with E-state index in [0.29, 0.717) is 0 Å². The molecule has 0 atom stereocenters. The summed E-state index contributed by atoms with van der Waals surface area (Å²) in [4.78, 5) is 24.7. The van der Waals surface area contributed by atoms with Gasteiger partial charge in [-0.3, -0.25) is 9.59 Å². The Kier molecular flexibility index (Phi) is 6.55. The van der Waals surface area contributed by atoms with Gasteiger partial charge in [-0.2, -0.15) is 13.2 Å². The predicted octanol–water partition coefficient (Wildman–Crippen LogP) is 3.90. The van der Waals surface area contributed by atoms with E-state index >= 15 is 0 Å². The number of carbonyl (C=O) groups excluding carboxylic acids is 2. The lowest BCUT2D eigenvalue weighted by Gasteiger charge is -2.24. The number of rotatable bonds is 6. The van der Waals surface area contributed by atoms with Crippen molar-refractivity contribution < 1.29 is 27.2 Å². The van der Waals surface area contributed by atoms with E-state index in [2.05, 4.69) is 5.32 Å². The predicted molar refractivity (Wildman–Crippen MR) is 92.3 cm³/mol. The van der Waals surface area contributed by atoms with Crippen molar-refractivity contribution in [2.45, 2.75) is 26.1 Å². The fourth-order valence-electron chi connectivity index (χ4n) is 2.53. The summed E-state index contributed by atoms with van der Waals surface area (Å²) in [6.07, 6.45) is -4.85. The normalized spacial score (nSPS) is 11.1. The van der Waals surface area contributed by atoms with Gasteiger partial charge in [0.25, 0.3) is 0 Å². The molecule has 0 radical (unpaired) electrons. The molecule has 0 saturated carbocycles. The van der Waals surface area contributed by atoms with Gasteiger partial charge in [0.2, 0.25) is 11.8 Å². The molecular formula is C19H18F4N2O2. The summed E-state index contributed by atoms with van der Waals surface area (Å²) < 4.78 is 53.0. The monoisotopic (exact) mass is 382 g/mol. The minimum atomic E-state index is -4.63. The Morgan fingerprint density at radius 2 is 1.67 bits per heavy atom. The summed E-state index contributed by atoms with van der Waals surface area (Å²) in [6.45, 7) is 0.848. The van der Waals surface area contributed by atoms with E-state index in [1.54, 1.807) is 6.07 Å². The van der Waals surface area contributed by atoms with E-state index in [-0.39, 0.29) is 30.8 Å². The van der Waals surface area contributed by atoms with Crippen molar-refractivity contribution in [1.29, 1.82) is 0 Å². The van der Waals surface area contributed by atoms with Crippen LogP contribution in [-0.4, -0.2) is 18.4 Å². The third-order valence-electron chi connectivity index (χ3n) is 3.88. The molecule has 0 heterocycles. The zero-order chi connectivity index (χ0) is 20.0. The van der Waals surface area contributed by atoms with Crippen molar-refractivity contribution >= 4 is 17.5 Å². The summed E-state index contributed by atoms with van der Waals surface area (Å²) in [5.74, 6) is -1.59. The van der Waals surface area contributed by atoms with E-state index in [1.165, 1.54) is 36.4 Å². The number of hydrogen-bond acceptors (Lipinski definition) is 2. The fraction of sp³-hybridized carbons (Fsp3) is 0.263. The van der Waals surface area contributed by atoms with Crippen LogP contribution in [0, 0.1) is 5.82 Å². The number of amides is 2. The van der Waals surface area contributed by atoms with Crippen LogP contribution in [-0.2, 0) is 22.3 Å². The quantitative estimate of drug-likeness (QED) is 0.771. The van der Waals surface area contributed by atoms with Gasteiger partial charge < -0.3 is 10.2 Å². The highest BCUT2D eigenvalue weighted by molar-refractivity contribution is 5.93. The average molecular weight is 382 g/mol. The highest BCUT2D eigenvalue weighted by Crippen LogP contribution is 2.36. The first-order valence-corrected chi connectivity index (χ1v) is 8.14. The van der Waals surface area contributed by atoms with Gasteiger partial charge in [-0.15, -0.1) is 0 Å². The Hall–Kier alpha value is -2.90. The number of benzene rings is 2. The number of alkyl halides is 3. The van der Waals surface area contributed by atoms with E-state index in [9.17, 15) is 27.2 Å². The molecule has 4 nitrogen and oxygen atoms in total. The summed E-state index contributed by atoms with van der Waals surface area (Å²) >= 11 is 0. The van der Waals surface area contributed by atoms with Crippen LogP contribution in [0.3, 0.4) is 0 Å². The van der Waals surface area contributed by atoms with Gasteiger partial charge >= 0.3 is 6.18 Å². The molecule has 27 heavy (non-hydrogen) atoms. The molecule has 1 N–H and O–H groups in total. The molecule has 0 unspecified atom stereocenters. The highest BCUT2D eigenvalue weighted by atomic mass is 19.4. The molecule has 2 aromatic rings. The lowest BCUT2D eigenvalue weighted by molar-refractivity contribution is -0.137. The summed E-state index contributed by atoms with van der Waals surface area (Å²) in [7, 11) is 0. The second-order valence-corrected chi connectivity index (χ2v) is 5.80. The van der Waals surface area contributed by atoms with Crippen molar-refractivity contribution in [2.75, 3.05) is 11.4 Å². The molecule has 0 aliphatic rings. The molecule has 0 aromatic heterocycles. The zero-order valence-electron chi connectivity index (χ0n) is 14.5. The molecule has 0 bridgehead atoms. The van der Waals surface area contributed by atoms with Crippen LogP contribution >= 0.6 is 0 Å². The fourth-order valence-corrected chi connectivity index (χ4v) is 2.53. The van der Waals surface area contributed by atoms with Gasteiger partial charge in [-0.05, 0) is 18.2 Å². The van der Waals surface area contributed by atoms with Gasteiger partial charge in [0.1, 0.15) is 5.82 Å². The molecule has 0 aliphatic carbocycles. The number of halogens is 4. The van der Waals surface area contributed by atoms with E-state index in [1.807, 2.05) is 0 Å². The molecule has 0 aliphatic heterocycles. The SMILES string of the molecule is CC(=O)N(CCC(=O)NCc1ccccc1F)c1ccccc1C(F)(F)F. The van der Waals surface area contributed by atoms with Crippen LogP contribution < -0.4 is 10.2 Å². The van der Waals surface area contributed by atoms with Gasteiger partial charge in [-0.1, -0.05) is 30.3 Å². The first kappa shape index (κ1) is 20.4. The molecule has 2 amide bonds. The number of nitrogens with one attached hydrogen (secondary N) is 1. The summed E-state index contributed by atoms with van der Waals surface area (Å²) in [6, 6.07) is 10.6. The topological polar surface area (TPSA) is 49.4 Å². The van der Waals surface area contributed by atoms with Crippen molar-refractivity contribution in [3.8, 4) is 0 Å². The molecule has 0 saturated heterocycles. The Labute approximate surface area is 153 Å². The maximum atomic E-state index is 13.5. The Morgan fingerprint density at radius 3 is 2.30 bits per heavy atom. The van der Waals surface area contributed by atoms with Gasteiger partial charge in [0, 0.05) is 32.0 Å². The maximum absolute atomic E-state index is 13.5. The van der Waals surface area contributed by atoms with Crippen molar-refractivity contribution in [2.24, 2.45) is 0 Å². The van der Waals surface area contributed by atoms with Crippen LogP contribution in [0.15, 0.2) is 48.5 Å². The molecule has 0 fully saturated rings. The molecule has 0 spiro atoms. The molecule has 2 rings (SSSR count). The molecule has 144 valence electrons. The third-order valence-corrected chi connectivity index (χ3v) is 3.88. The number of hydrogen-bond donors (Lipinski definition) is 1. The lowest BCUT2D eigenvalue weighted by Crippen LogP contribution is -2.35. The first-order valence-electron chi connectivity index (χ1n) is 8.14. The molecular weight excluding hydrogens is 364 g/mol. The van der Waals surface area contributed by atoms with Crippen LogP contribution in [0.2, 0.25) is 0 Å². The second kappa shape index (κ2) is 8.66. The summed E-state index contributed by atoms with van der Waals surface area (Å²) in [5.41, 5.74) is -0.969. The van der Waals surface area contributed by atoms with E-state index in [4.69, 9.17) is 0 Å². The highest BCUT2D eigenvalue weighted by Gasteiger charge is 2.35. The van der Waals surface area contributed by atoms with Gasteiger partial charge in [0.05, 0.1) is 11.3 Å². The standard InChI is InChI=1S/C19H18F4N2O2/c1-13(26)25(17-9-5-3-7-15(17)19(21,22)23)11-10-18(27)24-12-14-6-2-4-8-16(14)20/h2-9H,10-12H2,1H3,(H,24,27). The minimum absolute atomic E-state index is 0.0509. The van der Waals surface area contributed by atoms with Gasteiger partial charge in [-0.25, -0.2) is 4.39 Å². The number of carbonyl (C=O) groups is 2. The molecule has 2 aromatic carbocycles. The van der Waals surface area contributed by atoms with Gasteiger partial charge in [0.15, 0.2) is 0 Å². The maximum Gasteiger partial charge on any atom is 0.418 e. The van der Waals surface area contributed by atoms with E-state index < -0.39 is 29.4 Å². The van der Waals surface area contributed by atoms with Crippen molar-refractivity contribution in [3.63, 3.8) is 0 Å². The number of anilines is 1. The largest absolute Gasteiger partial charge is 0.418 e. The number of nitrogens with zero attached hydrogens (tertiary/aromatic N) is 1. The number of para-hydroxylation sites is 1. The van der Waals surface area contributed by atoms with Crippen LogP contribution in [0.1, 0.15) is 24.5 Å².